The van der Waals surface area contributed by atoms with Crippen molar-refractivity contribution >= 4 is 23.2 Å². The molecule has 5 heteroatoms. The van der Waals surface area contributed by atoms with Gasteiger partial charge < -0.3 is 10.6 Å². The third-order valence-corrected chi connectivity index (χ3v) is 4.88. The molecule has 2 aromatic rings. The van der Waals surface area contributed by atoms with Gasteiger partial charge in [0.15, 0.2) is 0 Å². The second kappa shape index (κ2) is 10.8. The summed E-state index contributed by atoms with van der Waals surface area (Å²) in [6.07, 6.45) is 0.868. The third-order valence-electron chi connectivity index (χ3n) is 4.88. The molecule has 0 saturated carbocycles. The van der Waals surface area contributed by atoms with Gasteiger partial charge in [-0.1, -0.05) is 57.2 Å². The molecule has 0 saturated heterocycles. The fourth-order valence-electron chi connectivity index (χ4n) is 3.36. The molecule has 156 valence electrons. The van der Waals surface area contributed by atoms with E-state index in [1.807, 2.05) is 68.1 Å². The van der Waals surface area contributed by atoms with Crippen molar-refractivity contribution in [2.75, 3.05) is 30.3 Å². The minimum atomic E-state index is -0.112. The minimum absolute atomic E-state index is 0.0988. The lowest BCUT2D eigenvalue weighted by Crippen LogP contribution is -2.39. The monoisotopic (exact) mass is 395 g/mol. The Morgan fingerprint density at radius 2 is 1.52 bits per heavy atom. The van der Waals surface area contributed by atoms with Gasteiger partial charge in [-0.25, -0.2) is 0 Å². The average Bonchev–Trinajstić information content (AvgIpc) is 2.65. The lowest BCUT2D eigenvalue weighted by atomic mass is 9.98. The van der Waals surface area contributed by atoms with E-state index in [1.165, 1.54) is 0 Å². The molecule has 0 radical (unpaired) electrons. The molecule has 0 spiro atoms. The Kier molecular flexibility index (Phi) is 8.40. The van der Waals surface area contributed by atoms with Gasteiger partial charge in [-0.2, -0.15) is 0 Å². The molecule has 0 unspecified atom stereocenters. The highest BCUT2D eigenvalue weighted by atomic mass is 16.2. The molecule has 2 amide bonds. The summed E-state index contributed by atoms with van der Waals surface area (Å²) in [6.45, 7) is 11.3. The number of hydrogen-bond donors (Lipinski definition) is 2. The Labute approximate surface area is 174 Å². The van der Waals surface area contributed by atoms with Crippen molar-refractivity contribution in [2.45, 2.75) is 47.0 Å². The summed E-state index contributed by atoms with van der Waals surface area (Å²) in [7, 11) is 0. The first kappa shape index (κ1) is 22.6. The minimum Gasteiger partial charge on any atom is -0.325 e. The van der Waals surface area contributed by atoms with Crippen molar-refractivity contribution in [3.05, 3.63) is 59.2 Å². The van der Waals surface area contributed by atoms with E-state index in [-0.39, 0.29) is 24.9 Å². The van der Waals surface area contributed by atoms with Crippen LogP contribution in [0.3, 0.4) is 0 Å². The normalized spacial score (nSPS) is 11.0. The number of carbonyl (C=O) groups excluding carboxylic acids is 2. The number of aryl methyl sites for hydroxylation is 2. The van der Waals surface area contributed by atoms with Gasteiger partial charge in [0.05, 0.1) is 13.1 Å². The van der Waals surface area contributed by atoms with Crippen molar-refractivity contribution in [1.82, 2.24) is 4.90 Å². The van der Waals surface area contributed by atoms with Gasteiger partial charge in [-0.05, 0) is 55.5 Å². The highest BCUT2D eigenvalue weighted by molar-refractivity contribution is 5.95. The molecule has 2 rings (SSSR count). The summed E-state index contributed by atoms with van der Waals surface area (Å²) in [6, 6.07) is 13.7. The molecule has 0 bridgehead atoms. The van der Waals surface area contributed by atoms with Crippen LogP contribution in [0.4, 0.5) is 11.4 Å². The van der Waals surface area contributed by atoms with Crippen LogP contribution in [-0.4, -0.2) is 36.3 Å². The van der Waals surface area contributed by atoms with E-state index in [2.05, 4.69) is 24.5 Å². The summed E-state index contributed by atoms with van der Waals surface area (Å²) in [4.78, 5) is 27.1. The van der Waals surface area contributed by atoms with Crippen LogP contribution in [0.5, 0.6) is 0 Å². The summed E-state index contributed by atoms with van der Waals surface area (Å²) in [5.74, 6) is 0.106. The van der Waals surface area contributed by atoms with Crippen molar-refractivity contribution in [1.29, 1.82) is 0 Å². The van der Waals surface area contributed by atoms with Gasteiger partial charge in [0.2, 0.25) is 11.8 Å². The average molecular weight is 396 g/mol. The first-order valence-electron chi connectivity index (χ1n) is 10.3. The maximum atomic E-state index is 12.7. The lowest BCUT2D eigenvalue weighted by Gasteiger charge is -2.22. The molecular formula is C24H33N3O2. The zero-order chi connectivity index (χ0) is 21.4. The van der Waals surface area contributed by atoms with E-state index in [9.17, 15) is 9.59 Å². The van der Waals surface area contributed by atoms with Crippen molar-refractivity contribution in [3.8, 4) is 0 Å². The third kappa shape index (κ3) is 6.71. The summed E-state index contributed by atoms with van der Waals surface area (Å²) < 4.78 is 0. The van der Waals surface area contributed by atoms with Crippen LogP contribution < -0.4 is 10.6 Å². The van der Waals surface area contributed by atoms with Crippen molar-refractivity contribution in [2.24, 2.45) is 0 Å². The zero-order valence-corrected chi connectivity index (χ0v) is 18.2. The molecule has 0 atom stereocenters. The fourth-order valence-corrected chi connectivity index (χ4v) is 3.36. The molecule has 0 aliphatic heterocycles. The molecule has 0 aromatic heterocycles. The topological polar surface area (TPSA) is 61.4 Å². The van der Waals surface area contributed by atoms with E-state index < -0.39 is 0 Å². The van der Waals surface area contributed by atoms with Crippen LogP contribution in [0.15, 0.2) is 42.5 Å². The largest absolute Gasteiger partial charge is 0.325 e. The summed E-state index contributed by atoms with van der Waals surface area (Å²) in [5.41, 5.74) is 4.87. The molecule has 0 heterocycles. The Morgan fingerprint density at radius 1 is 0.897 bits per heavy atom. The Morgan fingerprint density at radius 3 is 2.14 bits per heavy atom. The van der Waals surface area contributed by atoms with Gasteiger partial charge in [0.25, 0.3) is 0 Å². The van der Waals surface area contributed by atoms with Crippen LogP contribution in [0.2, 0.25) is 0 Å². The van der Waals surface area contributed by atoms with Crippen LogP contribution >= 0.6 is 0 Å². The summed E-state index contributed by atoms with van der Waals surface area (Å²) >= 11 is 0. The number of benzene rings is 2. The van der Waals surface area contributed by atoms with Crippen LogP contribution in [0.1, 0.15) is 49.8 Å². The highest BCUT2D eigenvalue weighted by Crippen LogP contribution is 2.27. The van der Waals surface area contributed by atoms with Crippen LogP contribution in [0.25, 0.3) is 0 Å². The highest BCUT2D eigenvalue weighted by Gasteiger charge is 2.17. The Balaban J connectivity index is 2.02. The predicted octanol–water partition coefficient (Wildman–Crippen LogP) is 4.72. The smallest absolute Gasteiger partial charge is 0.238 e. The number of amides is 2. The molecule has 0 fully saturated rings. The van der Waals surface area contributed by atoms with Gasteiger partial charge in [-0.3, -0.25) is 14.5 Å². The van der Waals surface area contributed by atoms with Crippen molar-refractivity contribution in [3.63, 3.8) is 0 Å². The molecular weight excluding hydrogens is 362 g/mol. The molecule has 5 nitrogen and oxygen atoms in total. The molecule has 2 N–H and O–H groups in total. The number of nitrogens with zero attached hydrogens (tertiary/aromatic N) is 1. The van der Waals surface area contributed by atoms with Gasteiger partial charge >= 0.3 is 0 Å². The Bertz CT molecular complexity index is 846. The number of carbonyl (C=O) groups is 2. The second-order valence-corrected chi connectivity index (χ2v) is 7.82. The van der Waals surface area contributed by atoms with Crippen molar-refractivity contribution < 1.29 is 9.59 Å². The maximum absolute atomic E-state index is 12.7. The summed E-state index contributed by atoms with van der Waals surface area (Å²) in [5, 5.41) is 6.01. The first-order valence-corrected chi connectivity index (χ1v) is 10.3. The van der Waals surface area contributed by atoms with Gasteiger partial charge in [0, 0.05) is 11.4 Å². The number of nitrogens with one attached hydrogen (secondary N) is 2. The molecule has 0 aliphatic rings. The van der Waals surface area contributed by atoms with E-state index in [0.29, 0.717) is 12.5 Å². The second-order valence-electron chi connectivity index (χ2n) is 7.82. The van der Waals surface area contributed by atoms with Crippen LogP contribution in [-0.2, 0) is 9.59 Å². The first-order chi connectivity index (χ1) is 13.8. The maximum Gasteiger partial charge on any atom is 0.238 e. The molecule has 2 aromatic carbocycles. The van der Waals surface area contributed by atoms with E-state index in [4.69, 9.17) is 0 Å². The number of rotatable bonds is 9. The number of hydrogen-bond acceptors (Lipinski definition) is 3. The number of anilines is 2. The van der Waals surface area contributed by atoms with E-state index >= 15 is 0 Å². The zero-order valence-electron chi connectivity index (χ0n) is 18.2. The Hall–Kier alpha value is -2.66. The lowest BCUT2D eigenvalue weighted by molar-refractivity contribution is -0.120. The molecule has 29 heavy (non-hydrogen) atoms. The standard InChI is InChI=1S/C24H33N3O2/c1-6-14-27(15-22(28)25-21-13-8-7-10-18(21)4)16-23(29)26-24-19(5)11-9-12-20(24)17(2)3/h7-13,17H,6,14-16H2,1-5H3,(H,25,28)(H,26,29). The van der Waals surface area contributed by atoms with Crippen LogP contribution in [0, 0.1) is 13.8 Å². The fraction of sp³-hybridized carbons (Fsp3) is 0.417. The van der Waals surface area contributed by atoms with Gasteiger partial charge in [-0.15, -0.1) is 0 Å². The predicted molar refractivity (Wildman–Crippen MR) is 120 cm³/mol. The SMILES string of the molecule is CCCN(CC(=O)Nc1ccccc1C)CC(=O)Nc1c(C)cccc1C(C)C. The van der Waals surface area contributed by atoms with E-state index in [0.717, 1.165) is 34.5 Å². The quantitative estimate of drug-likeness (QED) is 0.646. The molecule has 0 aliphatic carbocycles. The number of para-hydroxylation sites is 2. The van der Waals surface area contributed by atoms with E-state index in [1.54, 1.807) is 0 Å². The van der Waals surface area contributed by atoms with Gasteiger partial charge in [0.1, 0.15) is 0 Å².